The van der Waals surface area contributed by atoms with Crippen LogP contribution in [0.15, 0.2) is 0 Å². The van der Waals surface area contributed by atoms with Crippen molar-refractivity contribution in [2.24, 2.45) is 5.92 Å². The van der Waals surface area contributed by atoms with E-state index in [1.165, 1.54) is 6.92 Å². The van der Waals surface area contributed by atoms with Gasteiger partial charge in [0.05, 0.1) is 0 Å². The van der Waals surface area contributed by atoms with E-state index in [1.54, 1.807) is 6.92 Å². The van der Waals surface area contributed by atoms with Gasteiger partial charge in [-0.1, -0.05) is 0 Å². The van der Waals surface area contributed by atoms with E-state index in [-0.39, 0.29) is 17.9 Å². The summed E-state index contributed by atoms with van der Waals surface area (Å²) in [6, 6.07) is 0. The summed E-state index contributed by atoms with van der Waals surface area (Å²) in [5.74, 6) is -0.940. The van der Waals surface area contributed by atoms with Crippen LogP contribution in [0.5, 0.6) is 0 Å². The second-order valence-electron chi connectivity index (χ2n) is 2.65. The molecule has 0 N–H and O–H groups in total. The van der Waals surface area contributed by atoms with E-state index in [9.17, 15) is 9.59 Å². The minimum Gasteiger partial charge on any atom is -0.462 e. The maximum atomic E-state index is 10.8. The lowest BCUT2D eigenvalue weighted by Crippen LogP contribution is -2.15. The molecule has 0 bridgehead atoms. The quantitative estimate of drug-likeness (QED) is 0.396. The summed E-state index contributed by atoms with van der Waals surface area (Å²) < 4.78 is 4.78. The van der Waals surface area contributed by atoms with Crippen LogP contribution in [0.4, 0.5) is 0 Å². The minimum atomic E-state index is -0.491. The summed E-state index contributed by atoms with van der Waals surface area (Å²) >= 11 is 0. The van der Waals surface area contributed by atoms with Crippen LogP contribution in [0.25, 0.3) is 0 Å². The van der Waals surface area contributed by atoms with Crippen molar-refractivity contribution in [1.29, 1.82) is 0 Å². The molecule has 56 valence electrons. The van der Waals surface area contributed by atoms with Crippen LogP contribution >= 0.6 is 0 Å². The van der Waals surface area contributed by atoms with Crippen molar-refractivity contribution in [3.63, 3.8) is 0 Å². The third-order valence-electron chi connectivity index (χ3n) is 1.66. The molecule has 3 heteroatoms. The predicted molar refractivity (Wildman–Crippen MR) is 34.3 cm³/mol. The Morgan fingerprint density at radius 2 is 2.30 bits per heavy atom. The average Bonchev–Trinajstić information content (AvgIpc) is 2.10. The number of carbonyl (C=O) groups is 2. The average molecular weight is 142 g/mol. The smallest absolute Gasteiger partial charge is 0.316 e. The Balaban J connectivity index is 2.63. The third kappa shape index (κ3) is 1.17. The number of rotatable bonds is 1. The first-order valence-corrected chi connectivity index (χ1v) is 3.32. The van der Waals surface area contributed by atoms with Gasteiger partial charge in [0.25, 0.3) is 0 Å². The molecule has 2 atom stereocenters. The highest BCUT2D eigenvalue weighted by Crippen LogP contribution is 2.20. The van der Waals surface area contributed by atoms with Crippen LogP contribution in [-0.4, -0.2) is 17.9 Å². The van der Waals surface area contributed by atoms with E-state index in [1.807, 2.05) is 0 Å². The summed E-state index contributed by atoms with van der Waals surface area (Å²) in [6.07, 6.45) is 0.468. The van der Waals surface area contributed by atoms with Gasteiger partial charge in [0.15, 0.2) is 0 Å². The first-order valence-electron chi connectivity index (χ1n) is 3.32. The highest BCUT2D eigenvalue weighted by atomic mass is 16.5. The normalized spacial score (nSPS) is 32.0. The highest BCUT2D eigenvalue weighted by Gasteiger charge is 2.34. The van der Waals surface area contributed by atoms with Gasteiger partial charge in [0, 0.05) is 6.42 Å². The van der Waals surface area contributed by atoms with Gasteiger partial charge in [-0.05, 0) is 13.8 Å². The maximum absolute atomic E-state index is 10.8. The van der Waals surface area contributed by atoms with Gasteiger partial charge in [-0.25, -0.2) is 0 Å². The summed E-state index contributed by atoms with van der Waals surface area (Å²) in [6.45, 7) is 3.21. The predicted octanol–water partition coefficient (Wildman–Crippen LogP) is 0.527. The standard InChI is InChI=1S/C7H10O3/c1-4-3-6(5(2)8)7(9)10-4/h4,6H,3H2,1-2H3/t4-,6+/m0/s1. The van der Waals surface area contributed by atoms with Gasteiger partial charge >= 0.3 is 5.97 Å². The Labute approximate surface area is 59.4 Å². The van der Waals surface area contributed by atoms with Gasteiger partial charge in [0.1, 0.15) is 17.8 Å². The van der Waals surface area contributed by atoms with Crippen molar-refractivity contribution in [3.05, 3.63) is 0 Å². The van der Waals surface area contributed by atoms with Crippen LogP contribution in [-0.2, 0) is 14.3 Å². The second kappa shape index (κ2) is 2.40. The Morgan fingerprint density at radius 1 is 1.70 bits per heavy atom. The molecular weight excluding hydrogens is 132 g/mol. The lowest BCUT2D eigenvalue weighted by molar-refractivity contribution is -0.146. The van der Waals surface area contributed by atoms with Crippen LogP contribution in [0.2, 0.25) is 0 Å². The van der Waals surface area contributed by atoms with Gasteiger partial charge in [-0.3, -0.25) is 9.59 Å². The zero-order valence-corrected chi connectivity index (χ0v) is 6.09. The van der Waals surface area contributed by atoms with E-state index in [2.05, 4.69) is 0 Å². The van der Waals surface area contributed by atoms with Crippen molar-refractivity contribution >= 4 is 11.8 Å². The number of cyclic esters (lactones) is 1. The monoisotopic (exact) mass is 142 g/mol. The van der Waals surface area contributed by atoms with Crippen molar-refractivity contribution < 1.29 is 14.3 Å². The fraction of sp³-hybridized carbons (Fsp3) is 0.714. The first kappa shape index (κ1) is 7.25. The van der Waals surface area contributed by atoms with Crippen molar-refractivity contribution in [2.45, 2.75) is 26.4 Å². The fourth-order valence-electron chi connectivity index (χ4n) is 1.09. The molecular formula is C7H10O3. The molecule has 0 saturated carbocycles. The first-order chi connectivity index (χ1) is 4.61. The molecule has 1 fully saturated rings. The molecule has 1 heterocycles. The van der Waals surface area contributed by atoms with Crippen molar-refractivity contribution in [2.75, 3.05) is 0 Å². The van der Waals surface area contributed by atoms with E-state index in [4.69, 9.17) is 4.74 Å². The molecule has 10 heavy (non-hydrogen) atoms. The molecule has 0 amide bonds. The highest BCUT2D eigenvalue weighted by molar-refractivity contribution is 5.98. The Morgan fingerprint density at radius 3 is 2.50 bits per heavy atom. The van der Waals surface area contributed by atoms with E-state index >= 15 is 0 Å². The number of ether oxygens (including phenoxy) is 1. The lowest BCUT2D eigenvalue weighted by atomic mass is 10.0. The van der Waals surface area contributed by atoms with Crippen molar-refractivity contribution in [3.8, 4) is 0 Å². The van der Waals surface area contributed by atoms with E-state index < -0.39 is 5.92 Å². The molecule has 0 spiro atoms. The summed E-state index contributed by atoms with van der Waals surface area (Å²) in [5, 5.41) is 0. The SMILES string of the molecule is CC(=O)[C@H]1C[C@H](C)OC1=O. The van der Waals surface area contributed by atoms with E-state index in [0.29, 0.717) is 6.42 Å². The number of carbonyl (C=O) groups excluding carboxylic acids is 2. The second-order valence-corrected chi connectivity index (χ2v) is 2.65. The molecule has 0 aromatic heterocycles. The Kier molecular flexibility index (Phi) is 1.74. The van der Waals surface area contributed by atoms with Gasteiger partial charge in [-0.2, -0.15) is 0 Å². The summed E-state index contributed by atoms with van der Waals surface area (Å²) in [5.41, 5.74) is 0. The zero-order valence-electron chi connectivity index (χ0n) is 6.09. The van der Waals surface area contributed by atoms with Crippen molar-refractivity contribution in [1.82, 2.24) is 0 Å². The molecule has 1 aliphatic heterocycles. The largest absolute Gasteiger partial charge is 0.462 e. The lowest BCUT2D eigenvalue weighted by Gasteiger charge is -1.95. The summed E-state index contributed by atoms with van der Waals surface area (Å²) in [4.78, 5) is 21.5. The number of hydrogen-bond donors (Lipinski definition) is 0. The number of hydrogen-bond acceptors (Lipinski definition) is 3. The molecule has 1 saturated heterocycles. The molecule has 0 aromatic rings. The number of Topliss-reactive ketones (excluding diaryl/α,β-unsaturated/α-hetero) is 1. The zero-order chi connectivity index (χ0) is 7.72. The van der Waals surface area contributed by atoms with Gasteiger partial charge < -0.3 is 4.74 Å². The summed E-state index contributed by atoms with van der Waals surface area (Å²) in [7, 11) is 0. The topological polar surface area (TPSA) is 43.4 Å². The van der Waals surface area contributed by atoms with Crippen LogP contribution in [0.1, 0.15) is 20.3 Å². The molecule has 3 nitrogen and oxygen atoms in total. The van der Waals surface area contributed by atoms with Crippen LogP contribution in [0.3, 0.4) is 0 Å². The Hall–Kier alpha value is -0.860. The van der Waals surface area contributed by atoms with Gasteiger partial charge in [-0.15, -0.1) is 0 Å². The molecule has 0 unspecified atom stereocenters. The van der Waals surface area contributed by atoms with E-state index in [0.717, 1.165) is 0 Å². The molecule has 0 aliphatic carbocycles. The Bertz CT molecular complexity index is 174. The van der Waals surface area contributed by atoms with Gasteiger partial charge in [0.2, 0.25) is 0 Å². The maximum Gasteiger partial charge on any atom is 0.316 e. The van der Waals surface area contributed by atoms with Crippen LogP contribution in [0, 0.1) is 5.92 Å². The number of esters is 1. The van der Waals surface area contributed by atoms with Crippen LogP contribution < -0.4 is 0 Å². The third-order valence-corrected chi connectivity index (χ3v) is 1.66. The molecule has 1 aliphatic rings. The number of ketones is 1. The molecule has 1 rings (SSSR count). The minimum absolute atomic E-state index is 0.0820. The molecule has 0 radical (unpaired) electrons. The molecule has 0 aromatic carbocycles. The fourth-order valence-corrected chi connectivity index (χ4v) is 1.09.